The van der Waals surface area contributed by atoms with Crippen LogP contribution in [0.15, 0.2) is 18.2 Å². The topological polar surface area (TPSA) is 21.3 Å². The van der Waals surface area contributed by atoms with E-state index in [1.54, 1.807) is 7.11 Å². The van der Waals surface area contributed by atoms with Gasteiger partial charge < -0.3 is 10.1 Å². The van der Waals surface area contributed by atoms with Crippen molar-refractivity contribution in [3.05, 3.63) is 29.6 Å². The third-order valence-corrected chi connectivity index (χ3v) is 4.65. The Kier molecular flexibility index (Phi) is 5.41. The van der Waals surface area contributed by atoms with Crippen LogP contribution in [-0.2, 0) is 0 Å². The van der Waals surface area contributed by atoms with E-state index in [0.29, 0.717) is 11.3 Å². The summed E-state index contributed by atoms with van der Waals surface area (Å²) in [4.78, 5) is 0. The fraction of sp³-hybridized carbons (Fsp3) is 0.647. The molecule has 0 amide bonds. The van der Waals surface area contributed by atoms with Gasteiger partial charge in [0.05, 0.1) is 7.11 Å². The lowest BCUT2D eigenvalue weighted by atomic mass is 9.80. The van der Waals surface area contributed by atoms with Crippen LogP contribution in [0.2, 0.25) is 0 Å². The molecule has 1 fully saturated rings. The van der Waals surface area contributed by atoms with Gasteiger partial charge in [-0.2, -0.15) is 0 Å². The predicted molar refractivity (Wildman–Crippen MR) is 80.5 cm³/mol. The Morgan fingerprint density at radius 1 is 1.35 bits per heavy atom. The fourth-order valence-electron chi connectivity index (χ4n) is 3.12. The monoisotopic (exact) mass is 279 g/mol. The van der Waals surface area contributed by atoms with Crippen molar-refractivity contribution in [2.45, 2.75) is 45.6 Å². The van der Waals surface area contributed by atoms with Gasteiger partial charge in [-0.1, -0.05) is 32.3 Å². The second-order valence-corrected chi connectivity index (χ2v) is 6.04. The van der Waals surface area contributed by atoms with Crippen LogP contribution < -0.4 is 10.1 Å². The number of benzene rings is 1. The normalized spacial score (nSPS) is 24.4. The molecule has 1 aliphatic carbocycles. The van der Waals surface area contributed by atoms with Gasteiger partial charge in [-0.15, -0.1) is 0 Å². The molecule has 0 bridgehead atoms. The highest BCUT2D eigenvalue weighted by Gasteiger charge is 2.22. The zero-order valence-electron chi connectivity index (χ0n) is 12.8. The molecule has 2 nitrogen and oxygen atoms in total. The van der Waals surface area contributed by atoms with Gasteiger partial charge in [-0.05, 0) is 37.8 Å². The van der Waals surface area contributed by atoms with Crippen LogP contribution in [-0.4, -0.2) is 13.7 Å². The fourth-order valence-corrected chi connectivity index (χ4v) is 3.12. The van der Waals surface area contributed by atoms with Crippen molar-refractivity contribution in [1.29, 1.82) is 0 Å². The highest BCUT2D eigenvalue weighted by atomic mass is 19.1. The maximum absolute atomic E-state index is 14.0. The van der Waals surface area contributed by atoms with E-state index >= 15 is 0 Å². The van der Waals surface area contributed by atoms with Crippen LogP contribution in [0.5, 0.6) is 5.75 Å². The van der Waals surface area contributed by atoms with Crippen molar-refractivity contribution in [3.8, 4) is 5.75 Å². The Hall–Kier alpha value is -1.09. The first-order valence-corrected chi connectivity index (χ1v) is 7.68. The lowest BCUT2D eigenvalue weighted by Gasteiger charge is -2.30. The number of rotatable bonds is 5. The van der Waals surface area contributed by atoms with Gasteiger partial charge in [0.2, 0.25) is 0 Å². The summed E-state index contributed by atoms with van der Waals surface area (Å²) in [6.07, 6.45) is 5.33. The Morgan fingerprint density at radius 2 is 2.10 bits per heavy atom. The van der Waals surface area contributed by atoms with E-state index in [1.165, 1.54) is 31.7 Å². The van der Waals surface area contributed by atoms with Crippen LogP contribution >= 0.6 is 0 Å². The summed E-state index contributed by atoms with van der Waals surface area (Å²) in [6, 6.07) is 5.13. The van der Waals surface area contributed by atoms with Gasteiger partial charge in [0.25, 0.3) is 0 Å². The van der Waals surface area contributed by atoms with Crippen LogP contribution in [0, 0.1) is 17.7 Å². The number of hydrogen-bond acceptors (Lipinski definition) is 2. The molecule has 2 rings (SSSR count). The van der Waals surface area contributed by atoms with Gasteiger partial charge in [-0.3, -0.25) is 0 Å². The molecule has 3 atom stereocenters. The van der Waals surface area contributed by atoms with Crippen LogP contribution in [0.4, 0.5) is 4.39 Å². The molecule has 0 saturated heterocycles. The molecule has 3 heteroatoms. The Morgan fingerprint density at radius 3 is 2.75 bits per heavy atom. The van der Waals surface area contributed by atoms with Gasteiger partial charge in [0.15, 0.2) is 0 Å². The molecule has 0 radical (unpaired) electrons. The van der Waals surface area contributed by atoms with Gasteiger partial charge in [0.1, 0.15) is 11.6 Å². The second-order valence-electron chi connectivity index (χ2n) is 6.04. The average molecular weight is 279 g/mol. The van der Waals surface area contributed by atoms with E-state index in [-0.39, 0.29) is 11.9 Å². The van der Waals surface area contributed by atoms with E-state index in [0.717, 1.165) is 18.4 Å². The largest absolute Gasteiger partial charge is 0.497 e. The minimum Gasteiger partial charge on any atom is -0.497 e. The molecule has 1 aliphatic rings. The maximum atomic E-state index is 14.0. The van der Waals surface area contributed by atoms with E-state index in [1.807, 2.05) is 19.1 Å². The lowest BCUT2D eigenvalue weighted by molar-refractivity contribution is 0.242. The summed E-state index contributed by atoms with van der Waals surface area (Å²) in [5.41, 5.74) is 0.717. The van der Waals surface area contributed by atoms with Crippen molar-refractivity contribution in [2.24, 2.45) is 11.8 Å². The number of methoxy groups -OCH3 is 1. The average Bonchev–Trinajstić information content (AvgIpc) is 2.46. The summed E-state index contributed by atoms with van der Waals surface area (Å²) < 4.78 is 19.0. The van der Waals surface area contributed by atoms with E-state index in [4.69, 9.17) is 4.74 Å². The van der Waals surface area contributed by atoms with Crippen molar-refractivity contribution < 1.29 is 9.13 Å². The number of ether oxygens (including phenoxy) is 1. The number of hydrogen-bond donors (Lipinski definition) is 1. The minimum absolute atomic E-state index is 0.0371. The van der Waals surface area contributed by atoms with E-state index in [2.05, 4.69) is 12.2 Å². The highest BCUT2D eigenvalue weighted by molar-refractivity contribution is 5.30. The predicted octanol–water partition coefficient (Wildman–Crippen LogP) is 4.31. The summed E-state index contributed by atoms with van der Waals surface area (Å²) in [7, 11) is 1.56. The quantitative estimate of drug-likeness (QED) is 0.867. The van der Waals surface area contributed by atoms with Crippen molar-refractivity contribution in [3.63, 3.8) is 0 Å². The summed E-state index contributed by atoms with van der Waals surface area (Å²) >= 11 is 0. The first-order chi connectivity index (χ1) is 9.61. The van der Waals surface area contributed by atoms with Gasteiger partial charge >= 0.3 is 0 Å². The number of nitrogens with one attached hydrogen (secondary N) is 1. The van der Waals surface area contributed by atoms with E-state index in [9.17, 15) is 4.39 Å². The molecule has 1 aromatic rings. The van der Waals surface area contributed by atoms with Crippen molar-refractivity contribution in [1.82, 2.24) is 5.32 Å². The van der Waals surface area contributed by atoms with Gasteiger partial charge in [0, 0.05) is 17.7 Å². The molecule has 0 aliphatic heterocycles. The molecule has 1 aromatic carbocycles. The SMILES string of the molecule is COc1ccc(C(C)NCC2CCCCC2C)c(F)c1. The van der Waals surface area contributed by atoms with E-state index < -0.39 is 0 Å². The zero-order chi connectivity index (χ0) is 14.5. The highest BCUT2D eigenvalue weighted by Crippen LogP contribution is 2.30. The summed E-state index contributed by atoms with van der Waals surface area (Å²) in [5.74, 6) is 1.89. The minimum atomic E-state index is -0.193. The molecule has 0 aromatic heterocycles. The molecule has 112 valence electrons. The van der Waals surface area contributed by atoms with Crippen molar-refractivity contribution >= 4 is 0 Å². The molecule has 3 unspecified atom stereocenters. The molecule has 1 saturated carbocycles. The zero-order valence-corrected chi connectivity index (χ0v) is 12.8. The standard InChI is InChI=1S/C17H26FNO/c1-12-6-4-5-7-14(12)11-19-13(2)16-9-8-15(20-3)10-17(16)18/h8-10,12-14,19H,4-7,11H2,1-3H3. The summed E-state index contributed by atoms with van der Waals surface area (Å²) in [6.45, 7) is 5.34. The van der Waals surface area contributed by atoms with Gasteiger partial charge in [-0.25, -0.2) is 4.39 Å². The van der Waals surface area contributed by atoms with Crippen molar-refractivity contribution in [2.75, 3.05) is 13.7 Å². The number of halogens is 1. The lowest BCUT2D eigenvalue weighted by Crippen LogP contribution is -2.31. The van der Waals surface area contributed by atoms with Crippen LogP contribution in [0.25, 0.3) is 0 Å². The molecular formula is C17H26FNO. The molecule has 1 N–H and O–H groups in total. The molecule has 0 spiro atoms. The summed E-state index contributed by atoms with van der Waals surface area (Å²) in [5, 5.41) is 3.50. The first kappa shape index (κ1) is 15.3. The Bertz CT molecular complexity index is 435. The Balaban J connectivity index is 1.92. The van der Waals surface area contributed by atoms with Crippen LogP contribution in [0.1, 0.15) is 51.1 Å². The smallest absolute Gasteiger partial charge is 0.131 e. The van der Waals surface area contributed by atoms with Crippen LogP contribution in [0.3, 0.4) is 0 Å². The molecular weight excluding hydrogens is 253 g/mol. The third-order valence-electron chi connectivity index (χ3n) is 4.65. The Labute approximate surface area is 121 Å². The first-order valence-electron chi connectivity index (χ1n) is 7.68. The molecule has 20 heavy (non-hydrogen) atoms. The third kappa shape index (κ3) is 3.72. The molecule has 0 heterocycles. The maximum Gasteiger partial charge on any atom is 0.131 e. The second kappa shape index (κ2) is 7.07.